The van der Waals surface area contributed by atoms with Crippen molar-refractivity contribution in [3.05, 3.63) is 28.2 Å². The molecule has 0 radical (unpaired) electrons. The van der Waals surface area contributed by atoms with E-state index in [4.69, 9.17) is 9.57 Å². The first-order valence-corrected chi connectivity index (χ1v) is 9.54. The number of hydroxylamine groups is 1. The summed E-state index contributed by atoms with van der Waals surface area (Å²) >= 11 is 3.23. The standard InChI is InChI=1S/C14H19BrN2O5S/c1-2-22-17-14(18)12-8-11(5-6-13(12)15)23(19,20)16-9-10-4-3-7-21-10/h5-6,8,10,16H,2-4,7,9H2,1H3,(H,17,18). The van der Waals surface area contributed by atoms with Crippen LogP contribution in [0.15, 0.2) is 27.6 Å². The largest absolute Gasteiger partial charge is 0.377 e. The van der Waals surface area contributed by atoms with Crippen molar-refractivity contribution in [1.29, 1.82) is 0 Å². The van der Waals surface area contributed by atoms with Gasteiger partial charge in [0.15, 0.2) is 0 Å². The molecule has 1 atom stereocenters. The number of nitrogens with one attached hydrogen (secondary N) is 2. The van der Waals surface area contributed by atoms with Crippen LogP contribution in [0, 0.1) is 0 Å². The molecule has 0 aromatic heterocycles. The van der Waals surface area contributed by atoms with E-state index in [1.54, 1.807) is 6.92 Å². The normalized spacial score (nSPS) is 18.1. The van der Waals surface area contributed by atoms with E-state index in [1.165, 1.54) is 18.2 Å². The van der Waals surface area contributed by atoms with Gasteiger partial charge in [0.2, 0.25) is 10.0 Å². The van der Waals surface area contributed by atoms with Crippen molar-refractivity contribution in [2.75, 3.05) is 19.8 Å². The van der Waals surface area contributed by atoms with Crippen LogP contribution in [0.25, 0.3) is 0 Å². The van der Waals surface area contributed by atoms with E-state index in [0.717, 1.165) is 12.8 Å². The zero-order chi connectivity index (χ0) is 16.9. The molecule has 1 fully saturated rings. The molecule has 7 nitrogen and oxygen atoms in total. The molecule has 1 amide bonds. The second-order valence-corrected chi connectivity index (χ2v) is 7.61. The second kappa shape index (κ2) is 8.20. The summed E-state index contributed by atoms with van der Waals surface area (Å²) in [4.78, 5) is 16.8. The molecule has 0 saturated carbocycles. The maximum Gasteiger partial charge on any atom is 0.276 e. The molecule has 1 aliphatic rings. The van der Waals surface area contributed by atoms with E-state index in [-0.39, 0.29) is 23.1 Å². The smallest absolute Gasteiger partial charge is 0.276 e. The van der Waals surface area contributed by atoms with Gasteiger partial charge in [-0.25, -0.2) is 18.6 Å². The highest BCUT2D eigenvalue weighted by Gasteiger charge is 2.22. The van der Waals surface area contributed by atoms with E-state index in [0.29, 0.717) is 17.7 Å². The molecule has 1 saturated heterocycles. The zero-order valence-electron chi connectivity index (χ0n) is 12.7. The number of amides is 1. The van der Waals surface area contributed by atoms with Crippen molar-refractivity contribution < 1.29 is 22.8 Å². The van der Waals surface area contributed by atoms with Gasteiger partial charge in [-0.1, -0.05) is 0 Å². The average Bonchev–Trinajstić information content (AvgIpc) is 3.04. The quantitative estimate of drug-likeness (QED) is 0.670. The van der Waals surface area contributed by atoms with Gasteiger partial charge in [-0.05, 0) is 53.9 Å². The third kappa shape index (κ3) is 4.98. The highest BCUT2D eigenvalue weighted by Crippen LogP contribution is 2.21. The maximum absolute atomic E-state index is 12.3. The first kappa shape index (κ1) is 18.3. The van der Waals surface area contributed by atoms with Crippen LogP contribution in [-0.2, 0) is 19.6 Å². The highest BCUT2D eigenvalue weighted by atomic mass is 79.9. The summed E-state index contributed by atoms with van der Waals surface area (Å²) in [6, 6.07) is 4.25. The fourth-order valence-electron chi connectivity index (χ4n) is 2.13. The number of hydrogen-bond acceptors (Lipinski definition) is 5. The van der Waals surface area contributed by atoms with Crippen molar-refractivity contribution in [2.45, 2.75) is 30.8 Å². The van der Waals surface area contributed by atoms with Crippen LogP contribution in [-0.4, -0.2) is 40.2 Å². The van der Waals surface area contributed by atoms with Crippen molar-refractivity contribution in [1.82, 2.24) is 10.2 Å². The fourth-order valence-corrected chi connectivity index (χ4v) is 3.65. The molecule has 0 aliphatic carbocycles. The van der Waals surface area contributed by atoms with Crippen LogP contribution in [0.4, 0.5) is 0 Å². The summed E-state index contributed by atoms with van der Waals surface area (Å²) in [5.41, 5.74) is 2.42. The van der Waals surface area contributed by atoms with Gasteiger partial charge < -0.3 is 4.74 Å². The van der Waals surface area contributed by atoms with Crippen molar-refractivity contribution in [2.24, 2.45) is 0 Å². The molecular weight excluding hydrogens is 388 g/mol. The molecule has 0 bridgehead atoms. The third-order valence-corrected chi connectivity index (χ3v) is 5.44. The van der Waals surface area contributed by atoms with Gasteiger partial charge in [-0.3, -0.25) is 9.63 Å². The third-order valence-electron chi connectivity index (χ3n) is 3.33. The Kier molecular flexibility index (Phi) is 6.54. The number of carbonyl (C=O) groups is 1. The van der Waals surface area contributed by atoms with E-state index in [9.17, 15) is 13.2 Å². The Balaban J connectivity index is 2.12. The van der Waals surface area contributed by atoms with Crippen molar-refractivity contribution in [3.8, 4) is 0 Å². The molecule has 2 N–H and O–H groups in total. The maximum atomic E-state index is 12.3. The predicted octanol–water partition coefficient (Wildman–Crippen LogP) is 1.59. The van der Waals surface area contributed by atoms with Crippen LogP contribution in [0.2, 0.25) is 0 Å². The lowest BCUT2D eigenvalue weighted by Crippen LogP contribution is -2.32. The Morgan fingerprint density at radius 2 is 2.26 bits per heavy atom. The molecule has 9 heteroatoms. The van der Waals surface area contributed by atoms with Crippen LogP contribution >= 0.6 is 15.9 Å². The van der Waals surface area contributed by atoms with Gasteiger partial charge in [0.05, 0.1) is 23.2 Å². The van der Waals surface area contributed by atoms with Gasteiger partial charge in [-0.2, -0.15) is 0 Å². The van der Waals surface area contributed by atoms with Gasteiger partial charge in [0, 0.05) is 17.6 Å². The lowest BCUT2D eigenvalue weighted by Gasteiger charge is -2.12. The minimum absolute atomic E-state index is 0.0142. The van der Waals surface area contributed by atoms with Gasteiger partial charge in [-0.15, -0.1) is 0 Å². The minimum atomic E-state index is -3.71. The van der Waals surface area contributed by atoms with Gasteiger partial charge in [0.1, 0.15) is 0 Å². The molecule has 1 aromatic carbocycles. The van der Waals surface area contributed by atoms with Crippen LogP contribution in [0.3, 0.4) is 0 Å². The van der Waals surface area contributed by atoms with E-state index in [2.05, 4.69) is 26.1 Å². The first-order valence-electron chi connectivity index (χ1n) is 7.27. The van der Waals surface area contributed by atoms with E-state index in [1.807, 2.05) is 0 Å². The number of benzene rings is 1. The SMILES string of the molecule is CCONC(=O)c1cc(S(=O)(=O)NCC2CCCO2)ccc1Br. The summed E-state index contributed by atoms with van der Waals surface area (Å²) in [5.74, 6) is -0.519. The first-order chi connectivity index (χ1) is 10.9. The molecular formula is C14H19BrN2O5S. The number of rotatable bonds is 7. The van der Waals surface area contributed by atoms with Crippen LogP contribution in [0.1, 0.15) is 30.1 Å². The molecule has 1 aliphatic heterocycles. The number of carbonyl (C=O) groups excluding carboxylic acids is 1. The zero-order valence-corrected chi connectivity index (χ0v) is 15.1. The second-order valence-electron chi connectivity index (χ2n) is 4.99. The van der Waals surface area contributed by atoms with Crippen molar-refractivity contribution >= 4 is 31.9 Å². The molecule has 1 heterocycles. The van der Waals surface area contributed by atoms with Crippen molar-refractivity contribution in [3.63, 3.8) is 0 Å². The number of halogens is 1. The summed E-state index contributed by atoms with van der Waals surface area (Å²) in [6.45, 7) is 2.92. The monoisotopic (exact) mass is 406 g/mol. The Labute approximate surface area is 143 Å². The predicted molar refractivity (Wildman–Crippen MR) is 87.4 cm³/mol. The summed E-state index contributed by atoms with van der Waals surface area (Å²) in [5, 5.41) is 0. The molecule has 1 aromatic rings. The highest BCUT2D eigenvalue weighted by molar-refractivity contribution is 9.10. The number of ether oxygens (including phenoxy) is 1. The lowest BCUT2D eigenvalue weighted by atomic mass is 10.2. The molecule has 128 valence electrons. The van der Waals surface area contributed by atoms with E-state index < -0.39 is 15.9 Å². The Morgan fingerprint density at radius 3 is 2.91 bits per heavy atom. The van der Waals surface area contributed by atoms with Crippen LogP contribution in [0.5, 0.6) is 0 Å². The Morgan fingerprint density at radius 1 is 1.48 bits per heavy atom. The topological polar surface area (TPSA) is 93.7 Å². The molecule has 2 rings (SSSR count). The summed E-state index contributed by atoms with van der Waals surface area (Å²) in [6.07, 6.45) is 1.68. The lowest BCUT2D eigenvalue weighted by molar-refractivity contribution is 0.0363. The minimum Gasteiger partial charge on any atom is -0.377 e. The number of hydrogen-bond donors (Lipinski definition) is 2. The molecule has 23 heavy (non-hydrogen) atoms. The average molecular weight is 407 g/mol. The fraction of sp³-hybridized carbons (Fsp3) is 0.500. The van der Waals surface area contributed by atoms with Gasteiger partial charge in [0.25, 0.3) is 5.91 Å². The Hall–Kier alpha value is -1.00. The Bertz CT molecular complexity index is 659. The van der Waals surface area contributed by atoms with E-state index >= 15 is 0 Å². The molecule has 0 spiro atoms. The van der Waals surface area contributed by atoms with Crippen LogP contribution < -0.4 is 10.2 Å². The summed E-state index contributed by atoms with van der Waals surface area (Å²) < 4.78 is 33.1. The molecule has 1 unspecified atom stereocenters. The number of sulfonamides is 1. The van der Waals surface area contributed by atoms with Gasteiger partial charge >= 0.3 is 0 Å². The summed E-state index contributed by atoms with van der Waals surface area (Å²) in [7, 11) is -3.71.